The number of benzene rings is 1. The molecule has 0 saturated heterocycles. The van der Waals surface area contributed by atoms with Crippen LogP contribution in [0, 0.1) is 0 Å². The van der Waals surface area contributed by atoms with E-state index in [2.05, 4.69) is 0 Å². The number of esters is 1. The highest BCUT2D eigenvalue weighted by Gasteiger charge is 1.99. The average Bonchev–Trinajstić information content (AvgIpc) is 2.78. The Morgan fingerprint density at radius 3 is 1.48 bits per heavy atom. The standard InChI is InChI=1S/C23H38O8/c1-2-6-23(24)31-20-19-29-16-15-27-12-11-25-9-10-26-13-14-28-17-18-30-21-22-7-4-3-5-8-22/h3-5,7-8H,2,6,9-21H2,1H3. The molecule has 0 fully saturated rings. The fraction of sp³-hybridized carbons (Fsp3) is 0.696. The lowest BCUT2D eigenvalue weighted by Gasteiger charge is -2.08. The molecule has 0 aliphatic carbocycles. The lowest BCUT2D eigenvalue weighted by atomic mass is 10.2. The zero-order chi connectivity index (χ0) is 22.2. The summed E-state index contributed by atoms with van der Waals surface area (Å²) in [6.07, 6.45) is 1.24. The van der Waals surface area contributed by atoms with Crippen LogP contribution in [0.1, 0.15) is 25.3 Å². The van der Waals surface area contributed by atoms with Gasteiger partial charge in [-0.15, -0.1) is 0 Å². The zero-order valence-corrected chi connectivity index (χ0v) is 18.8. The van der Waals surface area contributed by atoms with E-state index in [0.29, 0.717) is 85.7 Å². The molecule has 8 heteroatoms. The zero-order valence-electron chi connectivity index (χ0n) is 18.8. The molecule has 0 atom stereocenters. The number of hydrogen-bond acceptors (Lipinski definition) is 8. The second-order valence-corrected chi connectivity index (χ2v) is 6.57. The third-order valence-electron chi connectivity index (χ3n) is 3.92. The maximum atomic E-state index is 11.1. The fourth-order valence-electron chi connectivity index (χ4n) is 2.35. The summed E-state index contributed by atoms with van der Waals surface area (Å²) in [5.41, 5.74) is 1.16. The van der Waals surface area contributed by atoms with E-state index in [4.69, 9.17) is 33.2 Å². The molecule has 0 saturated carbocycles. The molecule has 178 valence electrons. The highest BCUT2D eigenvalue weighted by molar-refractivity contribution is 5.69. The van der Waals surface area contributed by atoms with E-state index in [1.807, 2.05) is 37.3 Å². The molecule has 0 heterocycles. The predicted octanol–water partition coefficient (Wildman–Crippen LogP) is 2.63. The highest BCUT2D eigenvalue weighted by atomic mass is 16.6. The summed E-state index contributed by atoms with van der Waals surface area (Å²) < 4.78 is 37.5. The molecule has 8 nitrogen and oxygen atoms in total. The van der Waals surface area contributed by atoms with Gasteiger partial charge in [0, 0.05) is 6.42 Å². The van der Waals surface area contributed by atoms with Crippen LogP contribution < -0.4 is 0 Å². The summed E-state index contributed by atoms with van der Waals surface area (Å²) in [5, 5.41) is 0. The molecular formula is C23H38O8. The van der Waals surface area contributed by atoms with Gasteiger partial charge in [-0.25, -0.2) is 0 Å². The first kappa shape index (κ1) is 27.5. The van der Waals surface area contributed by atoms with Crippen LogP contribution in [0.2, 0.25) is 0 Å². The van der Waals surface area contributed by atoms with Gasteiger partial charge in [-0.1, -0.05) is 37.3 Å². The largest absolute Gasteiger partial charge is 0.463 e. The van der Waals surface area contributed by atoms with Gasteiger partial charge in [0.2, 0.25) is 0 Å². The van der Waals surface area contributed by atoms with Gasteiger partial charge in [0.05, 0.1) is 79.3 Å². The summed E-state index contributed by atoms with van der Waals surface area (Å²) in [7, 11) is 0. The van der Waals surface area contributed by atoms with Crippen LogP contribution in [-0.4, -0.2) is 85.3 Å². The van der Waals surface area contributed by atoms with Crippen molar-refractivity contribution in [2.45, 2.75) is 26.4 Å². The Labute approximate surface area is 186 Å². The minimum atomic E-state index is -0.180. The van der Waals surface area contributed by atoms with Gasteiger partial charge < -0.3 is 33.2 Å². The van der Waals surface area contributed by atoms with Gasteiger partial charge in [0.15, 0.2) is 0 Å². The molecule has 0 amide bonds. The Balaban J connectivity index is 1.68. The van der Waals surface area contributed by atoms with Crippen LogP contribution in [0.15, 0.2) is 30.3 Å². The Kier molecular flexibility index (Phi) is 19.2. The second kappa shape index (κ2) is 21.7. The van der Waals surface area contributed by atoms with E-state index in [9.17, 15) is 4.79 Å². The molecule has 0 aliphatic heterocycles. The summed E-state index contributed by atoms with van der Waals surface area (Å²) in [4.78, 5) is 11.1. The van der Waals surface area contributed by atoms with Crippen LogP contribution >= 0.6 is 0 Å². The second-order valence-electron chi connectivity index (χ2n) is 6.57. The number of rotatable bonds is 22. The van der Waals surface area contributed by atoms with Gasteiger partial charge in [-0.2, -0.15) is 0 Å². The van der Waals surface area contributed by atoms with Gasteiger partial charge >= 0.3 is 5.97 Å². The van der Waals surface area contributed by atoms with Crippen molar-refractivity contribution in [3.63, 3.8) is 0 Å². The molecule has 1 aromatic rings. The first-order chi connectivity index (χ1) is 15.3. The summed E-state index contributed by atoms with van der Waals surface area (Å²) >= 11 is 0. The SMILES string of the molecule is CCCC(=O)OCCOCCOCCOCCOCCOCCOCc1ccccc1. The van der Waals surface area contributed by atoms with E-state index in [-0.39, 0.29) is 12.6 Å². The molecule has 1 rings (SSSR count). The normalized spacial score (nSPS) is 11.0. The first-order valence-corrected chi connectivity index (χ1v) is 11.0. The van der Waals surface area contributed by atoms with E-state index < -0.39 is 0 Å². The Bertz CT molecular complexity index is 512. The van der Waals surface area contributed by atoms with Crippen molar-refractivity contribution in [3.8, 4) is 0 Å². The van der Waals surface area contributed by atoms with E-state index >= 15 is 0 Å². The topological polar surface area (TPSA) is 81.7 Å². The molecule has 0 aliphatic rings. The molecule has 0 spiro atoms. The smallest absolute Gasteiger partial charge is 0.305 e. The van der Waals surface area contributed by atoms with Crippen LogP contribution in [0.25, 0.3) is 0 Å². The van der Waals surface area contributed by atoms with Crippen molar-refractivity contribution >= 4 is 5.97 Å². The minimum Gasteiger partial charge on any atom is -0.463 e. The van der Waals surface area contributed by atoms with Crippen LogP contribution in [0.4, 0.5) is 0 Å². The number of carbonyl (C=O) groups is 1. The molecule has 31 heavy (non-hydrogen) atoms. The van der Waals surface area contributed by atoms with Crippen LogP contribution in [0.3, 0.4) is 0 Å². The number of carbonyl (C=O) groups excluding carboxylic acids is 1. The monoisotopic (exact) mass is 442 g/mol. The molecular weight excluding hydrogens is 404 g/mol. The van der Waals surface area contributed by atoms with Gasteiger partial charge in [0.25, 0.3) is 0 Å². The van der Waals surface area contributed by atoms with Crippen LogP contribution in [0.5, 0.6) is 0 Å². The molecule has 0 N–H and O–H groups in total. The minimum absolute atomic E-state index is 0.180. The third-order valence-corrected chi connectivity index (χ3v) is 3.92. The van der Waals surface area contributed by atoms with Gasteiger partial charge in [-0.3, -0.25) is 4.79 Å². The predicted molar refractivity (Wildman–Crippen MR) is 116 cm³/mol. The lowest BCUT2D eigenvalue weighted by molar-refractivity contribution is -0.145. The maximum Gasteiger partial charge on any atom is 0.305 e. The van der Waals surface area contributed by atoms with Crippen molar-refractivity contribution in [2.75, 3.05) is 79.3 Å². The fourth-order valence-corrected chi connectivity index (χ4v) is 2.35. The Hall–Kier alpha value is -1.55. The van der Waals surface area contributed by atoms with Crippen molar-refractivity contribution < 1.29 is 38.0 Å². The highest BCUT2D eigenvalue weighted by Crippen LogP contribution is 2.00. The Morgan fingerprint density at radius 2 is 1.03 bits per heavy atom. The Morgan fingerprint density at radius 1 is 0.613 bits per heavy atom. The van der Waals surface area contributed by atoms with Crippen LogP contribution in [-0.2, 0) is 44.6 Å². The third kappa shape index (κ3) is 18.9. The van der Waals surface area contributed by atoms with Crippen molar-refractivity contribution in [3.05, 3.63) is 35.9 Å². The quantitative estimate of drug-likeness (QED) is 0.200. The number of ether oxygens (including phenoxy) is 7. The van der Waals surface area contributed by atoms with E-state index in [0.717, 1.165) is 12.0 Å². The van der Waals surface area contributed by atoms with E-state index in [1.165, 1.54) is 0 Å². The van der Waals surface area contributed by atoms with Crippen molar-refractivity contribution in [2.24, 2.45) is 0 Å². The summed E-state index contributed by atoms with van der Waals surface area (Å²) in [6.45, 7) is 8.39. The van der Waals surface area contributed by atoms with Gasteiger partial charge in [0.1, 0.15) is 6.61 Å². The summed E-state index contributed by atoms with van der Waals surface area (Å²) in [6, 6.07) is 10.1. The molecule has 0 bridgehead atoms. The first-order valence-electron chi connectivity index (χ1n) is 11.0. The molecule has 0 aromatic heterocycles. The van der Waals surface area contributed by atoms with Crippen molar-refractivity contribution in [1.29, 1.82) is 0 Å². The summed E-state index contributed by atoms with van der Waals surface area (Å²) in [5.74, 6) is -0.180. The lowest BCUT2D eigenvalue weighted by Crippen LogP contribution is -2.15. The maximum absolute atomic E-state index is 11.1. The van der Waals surface area contributed by atoms with Gasteiger partial charge in [-0.05, 0) is 12.0 Å². The number of hydrogen-bond donors (Lipinski definition) is 0. The molecule has 0 radical (unpaired) electrons. The van der Waals surface area contributed by atoms with Crippen molar-refractivity contribution in [1.82, 2.24) is 0 Å². The average molecular weight is 443 g/mol. The molecule has 0 unspecified atom stereocenters. The molecule has 1 aromatic carbocycles. The van der Waals surface area contributed by atoms with E-state index in [1.54, 1.807) is 0 Å².